The summed E-state index contributed by atoms with van der Waals surface area (Å²) in [6.07, 6.45) is 4.55. The molecule has 10 nitrogen and oxygen atoms in total. The highest BCUT2D eigenvalue weighted by Gasteiger charge is 2.39. The van der Waals surface area contributed by atoms with E-state index in [0.717, 1.165) is 31.8 Å². The third kappa shape index (κ3) is 7.17. The quantitative estimate of drug-likeness (QED) is 0.487. The molecule has 12 heteroatoms. The molecule has 3 aliphatic rings. The van der Waals surface area contributed by atoms with Gasteiger partial charge in [0.05, 0.1) is 29.0 Å². The SMILES string of the molecule is CN1C(=O)c2cc(NS(=O)(=O)c3cccc(F)c3)ccc2OC[C@H]2O[C@H](CC(=O)NCCN3CCCCC3)CC[C@H]21. The number of fused-ring (bicyclic) bond motifs is 2. The summed E-state index contributed by atoms with van der Waals surface area (Å²) in [5.41, 5.74) is 0.363. The first-order valence-corrected chi connectivity index (χ1v) is 15.6. The minimum atomic E-state index is -4.07. The van der Waals surface area contributed by atoms with Crippen LogP contribution in [0.5, 0.6) is 5.75 Å². The summed E-state index contributed by atoms with van der Waals surface area (Å²) >= 11 is 0. The predicted molar refractivity (Wildman–Crippen MR) is 151 cm³/mol. The van der Waals surface area contributed by atoms with Crippen LogP contribution < -0.4 is 14.8 Å². The molecule has 2 amide bonds. The minimum absolute atomic E-state index is 0.0415. The molecule has 2 fully saturated rings. The number of piperidine rings is 1. The summed E-state index contributed by atoms with van der Waals surface area (Å²) in [7, 11) is -2.38. The number of hydrogen-bond donors (Lipinski definition) is 2. The zero-order valence-electron chi connectivity index (χ0n) is 23.2. The first kappa shape index (κ1) is 29.3. The summed E-state index contributed by atoms with van der Waals surface area (Å²) in [5.74, 6) is -0.745. The van der Waals surface area contributed by atoms with E-state index in [1.807, 2.05) is 0 Å². The third-order valence-electron chi connectivity index (χ3n) is 7.98. The molecule has 5 rings (SSSR count). The van der Waals surface area contributed by atoms with Gasteiger partial charge in [-0.1, -0.05) is 12.5 Å². The standard InChI is InChI=1S/C29H37FN4O6S/c1-33-25-10-9-22(18-28(35)31-12-15-34-13-3-2-4-14-34)40-27(25)19-39-26-11-8-21(17-24(26)29(33)36)32-41(37,38)23-7-5-6-20(30)16-23/h5-8,11,16-17,22,25,27,32H,2-4,9-10,12-15,18-19H2,1H3,(H,31,35)/t22-,25+,27+/m0/s1. The van der Waals surface area contributed by atoms with Crippen LogP contribution in [0.1, 0.15) is 48.9 Å². The molecular formula is C29H37FN4O6S. The molecule has 3 atom stereocenters. The van der Waals surface area contributed by atoms with E-state index in [0.29, 0.717) is 25.1 Å². The molecule has 2 saturated heterocycles. The molecule has 2 aromatic carbocycles. The Morgan fingerprint density at radius 3 is 2.68 bits per heavy atom. The number of hydrogen-bond acceptors (Lipinski definition) is 7. The Hall–Kier alpha value is -3.22. The highest BCUT2D eigenvalue weighted by molar-refractivity contribution is 7.92. The summed E-state index contributed by atoms with van der Waals surface area (Å²) in [5, 5.41) is 3.01. The van der Waals surface area contributed by atoms with Crippen molar-refractivity contribution in [2.24, 2.45) is 0 Å². The van der Waals surface area contributed by atoms with Gasteiger partial charge in [0.25, 0.3) is 15.9 Å². The fraction of sp³-hybridized carbons (Fsp3) is 0.517. The first-order valence-electron chi connectivity index (χ1n) is 14.2. The molecule has 2 aromatic rings. The lowest BCUT2D eigenvalue weighted by Gasteiger charge is -2.42. The molecule has 3 heterocycles. The van der Waals surface area contributed by atoms with Crippen molar-refractivity contribution >= 4 is 27.5 Å². The second kappa shape index (κ2) is 12.7. The maximum absolute atomic E-state index is 13.6. The van der Waals surface area contributed by atoms with Gasteiger partial charge in [0, 0.05) is 25.8 Å². The smallest absolute Gasteiger partial charge is 0.261 e. The lowest BCUT2D eigenvalue weighted by atomic mass is 9.94. The van der Waals surface area contributed by atoms with Gasteiger partial charge in [-0.05, 0) is 75.2 Å². The number of carbonyl (C=O) groups is 2. The molecule has 0 saturated carbocycles. The van der Waals surface area contributed by atoms with Gasteiger partial charge >= 0.3 is 0 Å². The van der Waals surface area contributed by atoms with E-state index in [1.165, 1.54) is 49.6 Å². The number of benzene rings is 2. The van der Waals surface area contributed by atoms with Crippen LogP contribution in [0.15, 0.2) is 47.4 Å². The van der Waals surface area contributed by atoms with Gasteiger partial charge < -0.3 is 24.6 Å². The zero-order valence-corrected chi connectivity index (χ0v) is 24.0. The molecule has 2 N–H and O–H groups in total. The number of nitrogens with zero attached hydrogens (tertiary/aromatic N) is 2. The number of anilines is 1. The monoisotopic (exact) mass is 588 g/mol. The molecular weight excluding hydrogens is 551 g/mol. The van der Waals surface area contributed by atoms with Crippen molar-refractivity contribution in [2.45, 2.75) is 61.7 Å². The molecule has 0 unspecified atom stereocenters. The summed E-state index contributed by atoms with van der Waals surface area (Å²) in [6.45, 7) is 3.83. The molecule has 0 aliphatic carbocycles. The van der Waals surface area contributed by atoms with Gasteiger partial charge in [0.2, 0.25) is 5.91 Å². The van der Waals surface area contributed by atoms with Gasteiger partial charge in [0.1, 0.15) is 24.3 Å². The maximum Gasteiger partial charge on any atom is 0.261 e. The Morgan fingerprint density at radius 1 is 1.10 bits per heavy atom. The second-order valence-corrected chi connectivity index (χ2v) is 12.6. The van der Waals surface area contributed by atoms with E-state index in [2.05, 4.69) is 14.9 Å². The number of likely N-dealkylation sites (tertiary alicyclic amines) is 1. The minimum Gasteiger partial charge on any atom is -0.490 e. The number of carbonyl (C=O) groups excluding carboxylic acids is 2. The molecule has 41 heavy (non-hydrogen) atoms. The van der Waals surface area contributed by atoms with Crippen LogP contribution in [0.2, 0.25) is 0 Å². The topological polar surface area (TPSA) is 117 Å². The van der Waals surface area contributed by atoms with Crippen LogP contribution in [-0.2, 0) is 19.6 Å². The van der Waals surface area contributed by atoms with E-state index in [9.17, 15) is 22.4 Å². The van der Waals surface area contributed by atoms with Crippen LogP contribution >= 0.6 is 0 Å². The largest absolute Gasteiger partial charge is 0.490 e. The van der Waals surface area contributed by atoms with Crippen LogP contribution in [0.25, 0.3) is 0 Å². The number of amides is 2. The average Bonchev–Trinajstić information content (AvgIpc) is 2.95. The summed E-state index contributed by atoms with van der Waals surface area (Å²) in [6, 6.07) is 8.86. The fourth-order valence-corrected chi connectivity index (χ4v) is 6.84. The molecule has 3 aliphatic heterocycles. The van der Waals surface area contributed by atoms with Crippen molar-refractivity contribution in [1.29, 1.82) is 0 Å². The number of likely N-dealkylation sites (N-methyl/N-ethyl adjacent to an activating group) is 1. The fourth-order valence-electron chi connectivity index (χ4n) is 5.75. The van der Waals surface area contributed by atoms with Crippen LogP contribution in [0, 0.1) is 5.82 Å². The van der Waals surface area contributed by atoms with Gasteiger partial charge in [-0.2, -0.15) is 0 Å². The highest BCUT2D eigenvalue weighted by Crippen LogP contribution is 2.33. The van der Waals surface area contributed by atoms with E-state index >= 15 is 0 Å². The Balaban J connectivity index is 1.20. The van der Waals surface area contributed by atoms with Gasteiger partial charge in [-0.25, -0.2) is 12.8 Å². The average molecular weight is 589 g/mol. The lowest BCUT2D eigenvalue weighted by molar-refractivity contribution is -0.134. The predicted octanol–water partition coefficient (Wildman–Crippen LogP) is 3.00. The lowest BCUT2D eigenvalue weighted by Crippen LogP contribution is -2.54. The summed E-state index contributed by atoms with van der Waals surface area (Å²) < 4.78 is 53.8. The number of halogens is 1. The van der Waals surface area contributed by atoms with Gasteiger partial charge in [0.15, 0.2) is 0 Å². The molecule has 0 bridgehead atoms. The number of rotatable bonds is 8. The third-order valence-corrected chi connectivity index (χ3v) is 9.36. The van der Waals surface area contributed by atoms with Crippen LogP contribution in [0.3, 0.4) is 0 Å². The Morgan fingerprint density at radius 2 is 1.90 bits per heavy atom. The second-order valence-electron chi connectivity index (χ2n) is 10.9. The van der Waals surface area contributed by atoms with Crippen molar-refractivity contribution in [2.75, 3.05) is 44.6 Å². The van der Waals surface area contributed by atoms with Crippen molar-refractivity contribution in [1.82, 2.24) is 15.1 Å². The van der Waals surface area contributed by atoms with Crippen molar-refractivity contribution in [3.63, 3.8) is 0 Å². The Labute approximate surface area is 240 Å². The van der Waals surface area contributed by atoms with E-state index in [-0.39, 0.29) is 53.1 Å². The highest BCUT2D eigenvalue weighted by atomic mass is 32.2. The first-order chi connectivity index (χ1) is 19.7. The van der Waals surface area contributed by atoms with Crippen LogP contribution in [-0.4, -0.2) is 88.1 Å². The maximum atomic E-state index is 13.6. The molecule has 222 valence electrons. The number of ether oxygens (including phenoxy) is 2. The number of sulfonamides is 1. The van der Waals surface area contributed by atoms with Crippen molar-refractivity contribution in [3.05, 3.63) is 53.8 Å². The molecule has 0 spiro atoms. The van der Waals surface area contributed by atoms with Crippen LogP contribution in [0.4, 0.5) is 10.1 Å². The van der Waals surface area contributed by atoms with E-state index in [1.54, 1.807) is 11.9 Å². The molecule has 0 aromatic heterocycles. The van der Waals surface area contributed by atoms with Crippen molar-refractivity contribution < 1.29 is 31.9 Å². The van der Waals surface area contributed by atoms with Crippen molar-refractivity contribution in [3.8, 4) is 5.75 Å². The van der Waals surface area contributed by atoms with Gasteiger partial charge in [-0.15, -0.1) is 0 Å². The Bertz CT molecular complexity index is 1370. The zero-order chi connectivity index (χ0) is 29.0. The number of nitrogens with one attached hydrogen (secondary N) is 2. The van der Waals surface area contributed by atoms with E-state index in [4.69, 9.17) is 9.47 Å². The van der Waals surface area contributed by atoms with Gasteiger partial charge in [-0.3, -0.25) is 14.3 Å². The van der Waals surface area contributed by atoms with E-state index < -0.39 is 21.9 Å². The Kier molecular flexibility index (Phi) is 9.10. The summed E-state index contributed by atoms with van der Waals surface area (Å²) in [4.78, 5) is 29.8. The molecule has 0 radical (unpaired) electrons. The normalized spacial score (nSPS) is 23.4.